The Bertz CT molecular complexity index is 741. The summed E-state index contributed by atoms with van der Waals surface area (Å²) in [5.41, 5.74) is 4.47. The van der Waals surface area contributed by atoms with E-state index >= 15 is 0 Å². The van der Waals surface area contributed by atoms with Crippen LogP contribution in [0.2, 0.25) is 0 Å². The maximum Gasteiger partial charge on any atom is 0.118 e. The molecule has 2 nitrogen and oxygen atoms in total. The van der Waals surface area contributed by atoms with E-state index in [9.17, 15) is 10.2 Å². The maximum absolute atomic E-state index is 10.2. The smallest absolute Gasteiger partial charge is 0.118 e. The molecule has 0 heterocycles. The van der Waals surface area contributed by atoms with Gasteiger partial charge in [0.05, 0.1) is 0 Å². The molecule has 0 saturated heterocycles. The number of phenols is 2. The van der Waals surface area contributed by atoms with Crippen LogP contribution in [-0.2, 0) is 5.41 Å². The lowest BCUT2D eigenvalue weighted by atomic mass is 9.67. The summed E-state index contributed by atoms with van der Waals surface area (Å²) < 4.78 is 0. The summed E-state index contributed by atoms with van der Waals surface area (Å²) in [5.74, 6) is 0.744. The van der Waals surface area contributed by atoms with E-state index in [1.54, 1.807) is 0 Å². The van der Waals surface area contributed by atoms with Gasteiger partial charge in [-0.05, 0) is 61.1 Å². The van der Waals surface area contributed by atoms with Crippen molar-refractivity contribution in [1.29, 1.82) is 0 Å². The van der Waals surface area contributed by atoms with E-state index in [4.69, 9.17) is 0 Å². The Balaban J connectivity index is 2.00. The highest BCUT2D eigenvalue weighted by molar-refractivity contribution is 5.47. The zero-order valence-corrected chi connectivity index (χ0v) is 19.1. The molecule has 0 bridgehead atoms. The normalized spacial score (nSPS) is 19.1. The minimum Gasteiger partial charge on any atom is -0.508 e. The molecule has 1 saturated carbocycles. The molecule has 2 aromatic rings. The standard InChI is InChI=1S/C28H40O2/c1-22-20-24(14-16-26(22)29)28(25-15-17-27(30)23(2)21-25)18-12-10-8-6-4-3-5-7-9-11-13-19-28/h14-17,20-21,29-30H,3-13,18-19H2,1-2H3. The average molecular weight is 409 g/mol. The molecule has 1 aliphatic carbocycles. The lowest BCUT2D eigenvalue weighted by Crippen LogP contribution is -2.28. The molecule has 2 aromatic carbocycles. The van der Waals surface area contributed by atoms with Gasteiger partial charge in [-0.3, -0.25) is 0 Å². The summed E-state index contributed by atoms with van der Waals surface area (Å²) in [4.78, 5) is 0. The zero-order valence-electron chi connectivity index (χ0n) is 19.1. The molecule has 30 heavy (non-hydrogen) atoms. The Morgan fingerprint density at radius 1 is 0.533 bits per heavy atom. The van der Waals surface area contributed by atoms with E-state index in [1.807, 2.05) is 26.0 Å². The number of phenolic OH excluding ortho intramolecular Hbond substituents is 2. The molecule has 0 aromatic heterocycles. The second kappa shape index (κ2) is 10.9. The number of hydrogen-bond donors (Lipinski definition) is 2. The second-order valence-electron chi connectivity index (χ2n) is 9.47. The van der Waals surface area contributed by atoms with Crippen LogP contribution in [0.4, 0.5) is 0 Å². The quantitative estimate of drug-likeness (QED) is 0.527. The van der Waals surface area contributed by atoms with Crippen LogP contribution in [0.15, 0.2) is 36.4 Å². The monoisotopic (exact) mass is 408 g/mol. The van der Waals surface area contributed by atoms with Crippen molar-refractivity contribution in [1.82, 2.24) is 0 Å². The van der Waals surface area contributed by atoms with Crippen molar-refractivity contribution < 1.29 is 10.2 Å². The first kappa shape index (κ1) is 22.7. The third-order valence-corrected chi connectivity index (χ3v) is 7.21. The van der Waals surface area contributed by atoms with Gasteiger partial charge in [0.15, 0.2) is 0 Å². The van der Waals surface area contributed by atoms with E-state index in [1.165, 1.54) is 81.8 Å². The third-order valence-electron chi connectivity index (χ3n) is 7.21. The fourth-order valence-corrected chi connectivity index (χ4v) is 5.22. The van der Waals surface area contributed by atoms with Crippen LogP contribution in [0, 0.1) is 13.8 Å². The van der Waals surface area contributed by atoms with Gasteiger partial charge in [0, 0.05) is 5.41 Å². The van der Waals surface area contributed by atoms with Crippen molar-refractivity contribution in [2.75, 3.05) is 0 Å². The average Bonchev–Trinajstić information content (AvgIpc) is 2.74. The molecule has 0 radical (unpaired) electrons. The molecule has 0 aliphatic heterocycles. The van der Waals surface area contributed by atoms with Crippen molar-refractivity contribution in [2.24, 2.45) is 0 Å². The number of rotatable bonds is 2. The van der Waals surface area contributed by atoms with Crippen molar-refractivity contribution in [3.05, 3.63) is 58.7 Å². The van der Waals surface area contributed by atoms with E-state index in [0.717, 1.165) is 24.0 Å². The summed E-state index contributed by atoms with van der Waals surface area (Å²) in [6.45, 7) is 4.00. The summed E-state index contributed by atoms with van der Waals surface area (Å²) in [5, 5.41) is 20.3. The van der Waals surface area contributed by atoms with Crippen LogP contribution in [0.5, 0.6) is 11.5 Å². The number of hydrogen-bond acceptors (Lipinski definition) is 2. The molecule has 0 unspecified atom stereocenters. The van der Waals surface area contributed by atoms with Crippen LogP contribution in [0.1, 0.15) is 106 Å². The van der Waals surface area contributed by atoms with Gasteiger partial charge in [-0.15, -0.1) is 0 Å². The molecule has 2 heteroatoms. The SMILES string of the molecule is Cc1cc(C2(c3ccc(O)c(C)c3)CCCCCCCCCCCCC2)ccc1O. The largest absolute Gasteiger partial charge is 0.508 e. The zero-order chi connectivity index (χ0) is 21.4. The lowest BCUT2D eigenvalue weighted by molar-refractivity contribution is 0.384. The summed E-state index contributed by atoms with van der Waals surface area (Å²) in [6.07, 6.45) is 16.8. The first-order valence-corrected chi connectivity index (χ1v) is 12.1. The van der Waals surface area contributed by atoms with Crippen molar-refractivity contribution in [3.8, 4) is 11.5 Å². The number of aromatic hydroxyl groups is 2. The van der Waals surface area contributed by atoms with Gasteiger partial charge >= 0.3 is 0 Å². The summed E-state index contributed by atoms with van der Waals surface area (Å²) in [7, 11) is 0. The highest BCUT2D eigenvalue weighted by atomic mass is 16.3. The maximum atomic E-state index is 10.2. The first-order chi connectivity index (χ1) is 14.5. The summed E-state index contributed by atoms with van der Waals surface area (Å²) >= 11 is 0. The molecule has 2 N–H and O–H groups in total. The van der Waals surface area contributed by atoms with E-state index in [0.29, 0.717) is 11.5 Å². The van der Waals surface area contributed by atoms with Gasteiger partial charge in [0.2, 0.25) is 0 Å². The van der Waals surface area contributed by atoms with Crippen LogP contribution in [0.25, 0.3) is 0 Å². The predicted molar refractivity (Wildman–Crippen MR) is 126 cm³/mol. The first-order valence-electron chi connectivity index (χ1n) is 12.1. The molecule has 1 aliphatic rings. The van der Waals surface area contributed by atoms with Crippen molar-refractivity contribution in [3.63, 3.8) is 0 Å². The Morgan fingerprint density at radius 2 is 0.867 bits per heavy atom. The fraction of sp³-hybridized carbons (Fsp3) is 0.571. The van der Waals surface area contributed by atoms with Gasteiger partial charge in [-0.2, -0.15) is 0 Å². The van der Waals surface area contributed by atoms with E-state index in [-0.39, 0.29) is 5.41 Å². The summed E-state index contributed by atoms with van der Waals surface area (Å²) in [6, 6.07) is 12.4. The number of aryl methyl sites for hydroxylation is 2. The highest BCUT2D eigenvalue weighted by Gasteiger charge is 2.34. The Morgan fingerprint density at radius 3 is 1.20 bits per heavy atom. The molecule has 0 atom stereocenters. The Labute approximate surface area is 183 Å². The Hall–Kier alpha value is -1.96. The minimum absolute atomic E-state index is 0.0545. The molecule has 0 spiro atoms. The van der Waals surface area contributed by atoms with Gasteiger partial charge in [-0.25, -0.2) is 0 Å². The topological polar surface area (TPSA) is 40.5 Å². The number of benzene rings is 2. The van der Waals surface area contributed by atoms with Gasteiger partial charge in [-0.1, -0.05) is 94.9 Å². The molecule has 0 amide bonds. The Kier molecular flexibility index (Phi) is 8.24. The predicted octanol–water partition coefficient (Wildman–Crippen LogP) is 8.09. The lowest BCUT2D eigenvalue weighted by Gasteiger charge is -2.36. The van der Waals surface area contributed by atoms with Crippen molar-refractivity contribution in [2.45, 2.75) is 103 Å². The molecular weight excluding hydrogens is 368 g/mol. The molecule has 1 fully saturated rings. The highest BCUT2D eigenvalue weighted by Crippen LogP contribution is 2.44. The van der Waals surface area contributed by atoms with Gasteiger partial charge in [0.1, 0.15) is 11.5 Å². The molecule has 3 rings (SSSR count). The van der Waals surface area contributed by atoms with E-state index < -0.39 is 0 Å². The van der Waals surface area contributed by atoms with Gasteiger partial charge in [0.25, 0.3) is 0 Å². The third kappa shape index (κ3) is 5.59. The van der Waals surface area contributed by atoms with Crippen LogP contribution < -0.4 is 0 Å². The molecule has 164 valence electrons. The molecular formula is C28H40O2. The second-order valence-corrected chi connectivity index (χ2v) is 9.47. The van der Waals surface area contributed by atoms with Crippen LogP contribution >= 0.6 is 0 Å². The van der Waals surface area contributed by atoms with Crippen LogP contribution in [-0.4, -0.2) is 10.2 Å². The van der Waals surface area contributed by atoms with E-state index in [2.05, 4.69) is 24.3 Å². The fourth-order valence-electron chi connectivity index (χ4n) is 5.22. The van der Waals surface area contributed by atoms with Gasteiger partial charge < -0.3 is 10.2 Å². The van der Waals surface area contributed by atoms with Crippen LogP contribution in [0.3, 0.4) is 0 Å². The van der Waals surface area contributed by atoms with Crippen molar-refractivity contribution >= 4 is 0 Å². The minimum atomic E-state index is -0.0545.